The molecular formula is C24H32Cl2N8O3. The molecular weight excluding hydrogens is 519 g/mol. The van der Waals surface area contributed by atoms with E-state index < -0.39 is 5.97 Å². The van der Waals surface area contributed by atoms with Gasteiger partial charge in [0, 0.05) is 49.9 Å². The Balaban J connectivity index is 0.000000747. The minimum Gasteiger partial charge on any atom is -0.481 e. The second-order valence-corrected chi connectivity index (χ2v) is 10.1. The third-order valence-corrected chi connectivity index (χ3v) is 6.94. The molecule has 2 aliphatic heterocycles. The molecule has 2 aliphatic rings. The van der Waals surface area contributed by atoms with Gasteiger partial charge in [-0.05, 0) is 37.0 Å². The minimum absolute atomic E-state index is 0.0632. The fourth-order valence-electron chi connectivity index (χ4n) is 4.86. The van der Waals surface area contributed by atoms with Gasteiger partial charge in [-0.2, -0.15) is 10.1 Å². The van der Waals surface area contributed by atoms with Crippen LogP contribution in [0.4, 0.5) is 11.9 Å². The summed E-state index contributed by atoms with van der Waals surface area (Å²) in [4.78, 5) is 18.1. The highest BCUT2D eigenvalue weighted by Gasteiger charge is 2.36. The number of piperidine rings is 1. The normalized spacial score (nSPS) is 20.9. The van der Waals surface area contributed by atoms with E-state index in [4.69, 9.17) is 43.6 Å². The Morgan fingerprint density at radius 3 is 2.51 bits per heavy atom. The molecule has 2 saturated heterocycles. The van der Waals surface area contributed by atoms with Crippen LogP contribution >= 0.6 is 23.2 Å². The van der Waals surface area contributed by atoms with E-state index in [1.807, 2.05) is 23.0 Å². The lowest BCUT2D eigenvalue weighted by atomic mass is 9.96. The summed E-state index contributed by atoms with van der Waals surface area (Å²) in [6.45, 7) is 5.10. The molecule has 0 unspecified atom stereocenters. The Morgan fingerprint density at radius 1 is 1.22 bits per heavy atom. The number of halogens is 2. The SMILES string of the molecule is CC(=O)O.Nc1nc(N2CCC(N3C[C@H](Cn4cc(Cl)cn4)OC[C@@H]3Cc3ccc(Cl)cc3)CC2)n[nH]1. The average Bonchev–Trinajstić information content (AvgIpc) is 3.49. The van der Waals surface area contributed by atoms with Gasteiger partial charge in [0.1, 0.15) is 0 Å². The number of carboxylic acids is 1. The number of nitrogen functional groups attached to an aromatic ring is 1. The molecule has 4 heterocycles. The summed E-state index contributed by atoms with van der Waals surface area (Å²) in [7, 11) is 0. The van der Waals surface area contributed by atoms with E-state index in [-0.39, 0.29) is 6.10 Å². The lowest BCUT2D eigenvalue weighted by molar-refractivity contribution is -0.134. The number of carbonyl (C=O) groups is 1. The van der Waals surface area contributed by atoms with Crippen LogP contribution in [0.15, 0.2) is 36.7 Å². The van der Waals surface area contributed by atoms with Crippen molar-refractivity contribution in [3.63, 3.8) is 0 Å². The lowest BCUT2D eigenvalue weighted by Crippen LogP contribution is -2.57. The predicted octanol–water partition coefficient (Wildman–Crippen LogP) is 2.96. The summed E-state index contributed by atoms with van der Waals surface area (Å²) in [6, 6.07) is 8.89. The number of aliphatic carboxylic acids is 1. The van der Waals surface area contributed by atoms with Crippen molar-refractivity contribution in [1.29, 1.82) is 0 Å². The van der Waals surface area contributed by atoms with Crippen LogP contribution in [0.3, 0.4) is 0 Å². The van der Waals surface area contributed by atoms with Crippen LogP contribution in [-0.4, -0.2) is 85.4 Å². The molecule has 5 rings (SSSR count). The van der Waals surface area contributed by atoms with Crippen molar-refractivity contribution >= 4 is 41.1 Å². The number of hydrogen-bond donors (Lipinski definition) is 3. The summed E-state index contributed by atoms with van der Waals surface area (Å²) < 4.78 is 8.16. The zero-order chi connectivity index (χ0) is 26.4. The smallest absolute Gasteiger partial charge is 0.300 e. The van der Waals surface area contributed by atoms with Crippen molar-refractivity contribution in [1.82, 2.24) is 29.9 Å². The van der Waals surface area contributed by atoms with Crippen molar-refractivity contribution in [3.8, 4) is 0 Å². The molecule has 2 fully saturated rings. The number of carboxylic acid groups (broad SMARTS) is 1. The minimum atomic E-state index is -0.833. The molecule has 200 valence electrons. The molecule has 0 saturated carbocycles. The monoisotopic (exact) mass is 550 g/mol. The number of H-pyrrole nitrogens is 1. The molecule has 0 radical (unpaired) electrons. The summed E-state index contributed by atoms with van der Waals surface area (Å²) in [6.07, 6.45) is 6.56. The van der Waals surface area contributed by atoms with Gasteiger partial charge < -0.3 is 20.5 Å². The van der Waals surface area contributed by atoms with Crippen LogP contribution in [0.2, 0.25) is 10.0 Å². The van der Waals surface area contributed by atoms with Crippen molar-refractivity contribution in [3.05, 3.63) is 52.3 Å². The molecule has 3 aromatic rings. The number of nitrogens with one attached hydrogen (secondary N) is 1. The second-order valence-electron chi connectivity index (χ2n) is 9.28. The van der Waals surface area contributed by atoms with Gasteiger partial charge in [-0.1, -0.05) is 35.3 Å². The number of hydrogen-bond acceptors (Lipinski definition) is 8. The Labute approximate surface area is 225 Å². The molecule has 0 amide bonds. The predicted molar refractivity (Wildman–Crippen MR) is 142 cm³/mol. The van der Waals surface area contributed by atoms with Gasteiger partial charge in [-0.25, -0.2) is 5.10 Å². The topological polar surface area (TPSA) is 138 Å². The maximum Gasteiger partial charge on any atom is 0.300 e. The van der Waals surface area contributed by atoms with Gasteiger partial charge >= 0.3 is 0 Å². The molecule has 4 N–H and O–H groups in total. The van der Waals surface area contributed by atoms with E-state index in [2.05, 4.69) is 42.2 Å². The number of rotatable bonds is 6. The van der Waals surface area contributed by atoms with Gasteiger partial charge in [0.05, 0.1) is 30.5 Å². The maximum absolute atomic E-state index is 9.00. The summed E-state index contributed by atoms with van der Waals surface area (Å²) in [5, 5.41) is 20.1. The lowest BCUT2D eigenvalue weighted by Gasteiger charge is -2.46. The second kappa shape index (κ2) is 12.6. The first kappa shape index (κ1) is 27.2. The van der Waals surface area contributed by atoms with E-state index in [0.29, 0.717) is 42.2 Å². The van der Waals surface area contributed by atoms with Crippen molar-refractivity contribution < 1.29 is 14.6 Å². The fraction of sp³-hybridized carbons (Fsp3) is 0.500. The number of ether oxygens (including phenoxy) is 1. The number of nitrogens with two attached hydrogens (primary N) is 1. The maximum atomic E-state index is 9.00. The summed E-state index contributed by atoms with van der Waals surface area (Å²) in [5.74, 6) is 0.198. The number of aromatic amines is 1. The number of nitrogens with zero attached hydrogens (tertiary/aromatic N) is 6. The molecule has 0 aliphatic carbocycles. The molecule has 0 spiro atoms. The van der Waals surface area contributed by atoms with Crippen LogP contribution in [0.1, 0.15) is 25.3 Å². The molecule has 2 aromatic heterocycles. The zero-order valence-corrected chi connectivity index (χ0v) is 22.1. The Morgan fingerprint density at radius 2 is 1.92 bits per heavy atom. The quantitative estimate of drug-likeness (QED) is 0.422. The van der Waals surface area contributed by atoms with Crippen molar-refractivity contribution in [2.75, 3.05) is 36.9 Å². The first-order valence-electron chi connectivity index (χ1n) is 12.2. The van der Waals surface area contributed by atoms with E-state index in [1.54, 1.807) is 6.20 Å². The highest BCUT2D eigenvalue weighted by molar-refractivity contribution is 6.30. The van der Waals surface area contributed by atoms with Crippen LogP contribution in [-0.2, 0) is 22.5 Å². The number of aromatic nitrogens is 5. The number of benzene rings is 1. The molecule has 37 heavy (non-hydrogen) atoms. The van der Waals surface area contributed by atoms with E-state index in [9.17, 15) is 0 Å². The van der Waals surface area contributed by atoms with Gasteiger partial charge in [0.2, 0.25) is 11.9 Å². The molecule has 2 atom stereocenters. The van der Waals surface area contributed by atoms with Crippen LogP contribution in [0.25, 0.3) is 0 Å². The fourth-order valence-corrected chi connectivity index (χ4v) is 5.14. The number of morpholine rings is 1. The molecule has 13 heteroatoms. The van der Waals surface area contributed by atoms with E-state index >= 15 is 0 Å². The third-order valence-electron chi connectivity index (χ3n) is 6.49. The Bertz CT molecular complexity index is 1140. The van der Waals surface area contributed by atoms with Crippen LogP contribution < -0.4 is 10.6 Å². The molecule has 1 aromatic carbocycles. The average molecular weight is 551 g/mol. The Hall–Kier alpha value is -2.86. The van der Waals surface area contributed by atoms with Gasteiger partial charge in [0.15, 0.2) is 0 Å². The van der Waals surface area contributed by atoms with E-state index in [1.165, 1.54) is 5.56 Å². The largest absolute Gasteiger partial charge is 0.481 e. The van der Waals surface area contributed by atoms with Gasteiger partial charge in [0.25, 0.3) is 5.97 Å². The van der Waals surface area contributed by atoms with Crippen LogP contribution in [0, 0.1) is 0 Å². The summed E-state index contributed by atoms with van der Waals surface area (Å²) >= 11 is 12.1. The van der Waals surface area contributed by atoms with Crippen molar-refractivity contribution in [2.45, 2.75) is 50.9 Å². The first-order valence-corrected chi connectivity index (χ1v) is 12.9. The molecule has 11 nitrogen and oxygen atoms in total. The highest BCUT2D eigenvalue weighted by atomic mass is 35.5. The van der Waals surface area contributed by atoms with Crippen molar-refractivity contribution in [2.24, 2.45) is 0 Å². The molecule has 0 bridgehead atoms. The van der Waals surface area contributed by atoms with Gasteiger partial charge in [-0.3, -0.25) is 14.4 Å². The standard InChI is InChI=1S/C22H28Cl2N8O.C2H4O2/c23-16-3-1-15(2-4-16)9-19-14-33-20(12-31-11-17(24)10-26-31)13-32(19)18-5-7-30(8-6-18)22-27-21(25)28-29-22;1-2(3)4/h1-4,10-11,18-20H,5-9,12-14H2,(H3,25,27,28,29);1H3,(H,3,4)/t19-,20-;/m0./s1. The summed E-state index contributed by atoms with van der Waals surface area (Å²) in [5.41, 5.74) is 6.98. The number of anilines is 2. The third kappa shape index (κ3) is 7.81. The zero-order valence-electron chi connectivity index (χ0n) is 20.6. The highest BCUT2D eigenvalue weighted by Crippen LogP contribution is 2.27. The first-order chi connectivity index (χ1) is 17.8. The van der Waals surface area contributed by atoms with Crippen LogP contribution in [0.5, 0.6) is 0 Å². The van der Waals surface area contributed by atoms with E-state index in [0.717, 1.165) is 50.8 Å². The Kier molecular flexibility index (Phi) is 9.25. The van der Waals surface area contributed by atoms with Gasteiger partial charge in [-0.15, -0.1) is 5.10 Å².